The summed E-state index contributed by atoms with van der Waals surface area (Å²) < 4.78 is 0. The lowest BCUT2D eigenvalue weighted by Crippen LogP contribution is -2.61. The molecule has 0 N–H and O–H groups in total. The van der Waals surface area contributed by atoms with Crippen molar-refractivity contribution in [3.05, 3.63) is 181 Å². The molecule has 0 radical (unpaired) electrons. The summed E-state index contributed by atoms with van der Waals surface area (Å²) in [5.74, 6) is 0. The predicted molar refractivity (Wildman–Crippen MR) is 233 cm³/mol. The van der Waals surface area contributed by atoms with Gasteiger partial charge in [-0.1, -0.05) is 139 Å². The first-order valence-electron chi connectivity index (χ1n) is 19.2. The van der Waals surface area contributed by atoms with Crippen LogP contribution in [0.5, 0.6) is 0 Å². The molecular formula is C50H46BN3. The zero-order valence-corrected chi connectivity index (χ0v) is 32.1. The van der Waals surface area contributed by atoms with Crippen LogP contribution in [0.3, 0.4) is 0 Å². The number of benzene rings is 7. The van der Waals surface area contributed by atoms with Crippen molar-refractivity contribution in [2.45, 2.75) is 52.4 Å². The Morgan fingerprint density at radius 2 is 0.796 bits per heavy atom. The van der Waals surface area contributed by atoms with E-state index in [1.54, 1.807) is 0 Å². The van der Waals surface area contributed by atoms with Crippen LogP contribution in [0.15, 0.2) is 170 Å². The van der Waals surface area contributed by atoms with Crippen LogP contribution in [0, 0.1) is 0 Å². The van der Waals surface area contributed by atoms with Crippen LogP contribution < -0.4 is 31.1 Å². The summed E-state index contributed by atoms with van der Waals surface area (Å²) in [6.07, 6.45) is 0. The number of fused-ring (bicyclic) bond motifs is 4. The minimum Gasteiger partial charge on any atom is -0.311 e. The van der Waals surface area contributed by atoms with Gasteiger partial charge in [0.15, 0.2) is 0 Å². The predicted octanol–water partition coefficient (Wildman–Crippen LogP) is 11.8. The highest BCUT2D eigenvalue weighted by atomic mass is 15.2. The summed E-state index contributed by atoms with van der Waals surface area (Å²) >= 11 is 0. The Morgan fingerprint density at radius 1 is 0.389 bits per heavy atom. The molecule has 4 heteroatoms. The SMILES string of the molecule is CC(C)(C)c1cccc(N(c2cccc(C(C)(C)C)c2)c2cc3c4c(c2)N(c2ccccc2)c2ccccc2B4c2ccccc2N3c2ccccc2)c1. The number of para-hydroxylation sites is 4. The number of rotatable bonds is 5. The summed E-state index contributed by atoms with van der Waals surface area (Å²) in [5, 5.41) is 0. The normalized spacial score (nSPS) is 13.3. The van der Waals surface area contributed by atoms with Gasteiger partial charge in [0.05, 0.1) is 5.69 Å². The van der Waals surface area contributed by atoms with Crippen molar-refractivity contribution in [2.75, 3.05) is 14.7 Å². The average molecular weight is 700 g/mol. The van der Waals surface area contributed by atoms with E-state index in [0.29, 0.717) is 0 Å². The lowest BCUT2D eigenvalue weighted by atomic mass is 9.33. The average Bonchev–Trinajstić information content (AvgIpc) is 3.18. The first kappa shape index (κ1) is 33.8. The molecule has 0 bridgehead atoms. The molecule has 54 heavy (non-hydrogen) atoms. The highest BCUT2D eigenvalue weighted by Gasteiger charge is 2.43. The maximum absolute atomic E-state index is 2.49. The van der Waals surface area contributed by atoms with Gasteiger partial charge in [0.2, 0.25) is 0 Å². The summed E-state index contributed by atoms with van der Waals surface area (Å²) in [5.41, 5.74) is 17.0. The third kappa shape index (κ3) is 5.69. The van der Waals surface area contributed by atoms with Crippen LogP contribution in [0.25, 0.3) is 0 Å². The fourth-order valence-corrected chi connectivity index (χ4v) is 8.39. The molecular weight excluding hydrogens is 653 g/mol. The summed E-state index contributed by atoms with van der Waals surface area (Å²) in [7, 11) is 0. The zero-order chi connectivity index (χ0) is 37.2. The van der Waals surface area contributed by atoms with Gasteiger partial charge < -0.3 is 14.7 Å². The van der Waals surface area contributed by atoms with E-state index >= 15 is 0 Å². The molecule has 264 valence electrons. The number of anilines is 9. The number of hydrogen-bond donors (Lipinski definition) is 0. The van der Waals surface area contributed by atoms with Gasteiger partial charge in [-0.3, -0.25) is 0 Å². The second-order valence-corrected chi connectivity index (χ2v) is 16.7. The van der Waals surface area contributed by atoms with E-state index in [9.17, 15) is 0 Å². The van der Waals surface area contributed by atoms with Crippen LogP contribution in [0.4, 0.5) is 51.2 Å². The first-order valence-corrected chi connectivity index (χ1v) is 19.2. The van der Waals surface area contributed by atoms with Crippen molar-refractivity contribution in [3.8, 4) is 0 Å². The molecule has 2 heterocycles. The topological polar surface area (TPSA) is 9.72 Å². The van der Waals surface area contributed by atoms with Gasteiger partial charge in [-0.15, -0.1) is 0 Å². The molecule has 0 atom stereocenters. The molecule has 0 aliphatic carbocycles. The molecule has 2 aliphatic heterocycles. The highest BCUT2D eigenvalue weighted by molar-refractivity contribution is 7.00. The van der Waals surface area contributed by atoms with Crippen molar-refractivity contribution < 1.29 is 0 Å². The minimum atomic E-state index is -0.00829. The monoisotopic (exact) mass is 699 g/mol. The maximum Gasteiger partial charge on any atom is 0.252 e. The van der Waals surface area contributed by atoms with Gasteiger partial charge in [-0.05, 0) is 111 Å². The molecule has 0 aromatic heterocycles. The highest BCUT2D eigenvalue weighted by Crippen LogP contribution is 2.48. The Morgan fingerprint density at radius 3 is 1.22 bits per heavy atom. The van der Waals surface area contributed by atoms with Crippen LogP contribution >= 0.6 is 0 Å². The summed E-state index contributed by atoms with van der Waals surface area (Å²) in [6.45, 7) is 13.8. The van der Waals surface area contributed by atoms with Gasteiger partial charge in [0, 0.05) is 45.5 Å². The summed E-state index contributed by atoms with van der Waals surface area (Å²) in [6, 6.07) is 62.9. The molecule has 0 unspecified atom stereocenters. The smallest absolute Gasteiger partial charge is 0.252 e. The van der Waals surface area contributed by atoms with Gasteiger partial charge in [0.1, 0.15) is 0 Å². The first-order chi connectivity index (χ1) is 26.1. The lowest BCUT2D eigenvalue weighted by Gasteiger charge is -2.45. The standard InChI is InChI=1S/C50H46BN3/c1-49(2,3)35-19-17-25-39(31-35)52(40-26-18-20-36(32-40)50(4,5)6)41-33-46-48-47(34-41)54(38-23-11-8-12-24-38)45-30-16-14-28-43(45)51(48)42-27-13-15-29-44(42)53(46)37-21-9-7-10-22-37/h7-34H,1-6H3. The van der Waals surface area contributed by atoms with Gasteiger partial charge in [-0.2, -0.15) is 0 Å². The van der Waals surface area contributed by atoms with Crippen molar-refractivity contribution in [1.29, 1.82) is 0 Å². The molecule has 0 spiro atoms. The van der Waals surface area contributed by atoms with Gasteiger partial charge in [0.25, 0.3) is 6.71 Å². The van der Waals surface area contributed by atoms with Crippen LogP contribution in [0.2, 0.25) is 0 Å². The lowest BCUT2D eigenvalue weighted by molar-refractivity contribution is 0.590. The Labute approximate surface area is 321 Å². The molecule has 0 fully saturated rings. The second-order valence-electron chi connectivity index (χ2n) is 16.7. The summed E-state index contributed by atoms with van der Waals surface area (Å²) in [4.78, 5) is 7.45. The third-order valence-corrected chi connectivity index (χ3v) is 11.1. The van der Waals surface area contributed by atoms with E-state index in [-0.39, 0.29) is 17.5 Å². The minimum absolute atomic E-state index is 0.00829. The van der Waals surface area contributed by atoms with Crippen molar-refractivity contribution in [3.63, 3.8) is 0 Å². The molecule has 0 saturated heterocycles. The van der Waals surface area contributed by atoms with Crippen molar-refractivity contribution >= 4 is 74.3 Å². The van der Waals surface area contributed by atoms with Crippen molar-refractivity contribution in [1.82, 2.24) is 0 Å². The number of hydrogen-bond acceptors (Lipinski definition) is 3. The molecule has 9 rings (SSSR count). The van der Waals surface area contributed by atoms with Crippen molar-refractivity contribution in [2.24, 2.45) is 0 Å². The van der Waals surface area contributed by atoms with Gasteiger partial charge in [-0.25, -0.2) is 0 Å². The molecule has 3 nitrogen and oxygen atoms in total. The van der Waals surface area contributed by atoms with E-state index < -0.39 is 0 Å². The Balaban J connectivity index is 1.40. The van der Waals surface area contributed by atoms with Crippen LogP contribution in [-0.4, -0.2) is 6.71 Å². The van der Waals surface area contributed by atoms with Gasteiger partial charge >= 0.3 is 0 Å². The largest absolute Gasteiger partial charge is 0.311 e. The van der Waals surface area contributed by atoms with Crippen LogP contribution in [-0.2, 0) is 10.8 Å². The Hall–Kier alpha value is -6.00. The van der Waals surface area contributed by atoms with Crippen LogP contribution in [0.1, 0.15) is 52.7 Å². The molecule has 0 saturated carbocycles. The van der Waals surface area contributed by atoms with E-state index in [2.05, 4.69) is 226 Å². The molecule has 7 aromatic carbocycles. The molecule has 0 amide bonds. The Kier molecular flexibility index (Phi) is 8.04. The second kappa shape index (κ2) is 12.8. The van der Waals surface area contributed by atoms with E-state index in [0.717, 1.165) is 28.4 Å². The Bertz CT molecular complexity index is 2320. The van der Waals surface area contributed by atoms with E-state index in [1.165, 1.54) is 50.3 Å². The number of nitrogens with zero attached hydrogens (tertiary/aromatic N) is 3. The van der Waals surface area contributed by atoms with E-state index in [1.807, 2.05) is 0 Å². The van der Waals surface area contributed by atoms with E-state index in [4.69, 9.17) is 0 Å². The fraction of sp³-hybridized carbons (Fsp3) is 0.160. The molecule has 7 aromatic rings. The third-order valence-electron chi connectivity index (χ3n) is 11.1. The zero-order valence-electron chi connectivity index (χ0n) is 32.1. The quantitative estimate of drug-likeness (QED) is 0.166. The molecule has 2 aliphatic rings. The maximum atomic E-state index is 2.49. The fourth-order valence-electron chi connectivity index (χ4n) is 8.39.